The molecule has 0 aromatic carbocycles. The number of hydrogen-bond acceptors (Lipinski definition) is 3. The molecule has 2 unspecified atom stereocenters. The summed E-state index contributed by atoms with van der Waals surface area (Å²) in [6.45, 7) is 6.59. The third-order valence-corrected chi connectivity index (χ3v) is 4.11. The van der Waals surface area contributed by atoms with Crippen LogP contribution in [0.1, 0.15) is 31.6 Å². The van der Waals surface area contributed by atoms with Crippen LogP contribution in [0.5, 0.6) is 0 Å². The molecule has 0 aliphatic heterocycles. The summed E-state index contributed by atoms with van der Waals surface area (Å²) < 4.78 is 5.42. The van der Waals surface area contributed by atoms with Crippen LogP contribution in [0.15, 0.2) is 16.7 Å². The maximum atomic E-state index is 5.42. The molecule has 0 aliphatic carbocycles. The molecule has 86 valence electrons. The summed E-state index contributed by atoms with van der Waals surface area (Å²) >= 11 is 1.95. The lowest BCUT2D eigenvalue weighted by molar-refractivity contribution is 0.523. The average molecular weight is 227 g/mol. The largest absolute Gasteiger partial charge is 0.468 e. The first-order chi connectivity index (χ1) is 7.19. The molecule has 3 heteroatoms. The Morgan fingerprint density at radius 2 is 2.27 bits per heavy atom. The third-order valence-electron chi connectivity index (χ3n) is 2.82. The van der Waals surface area contributed by atoms with E-state index in [0.717, 1.165) is 11.5 Å². The van der Waals surface area contributed by atoms with Crippen LogP contribution in [-0.4, -0.2) is 18.3 Å². The highest BCUT2D eigenvalue weighted by Crippen LogP contribution is 2.23. The van der Waals surface area contributed by atoms with E-state index in [4.69, 9.17) is 4.42 Å². The Morgan fingerprint density at radius 1 is 1.53 bits per heavy atom. The number of aryl methyl sites for hydroxylation is 1. The van der Waals surface area contributed by atoms with Crippen LogP contribution in [0, 0.1) is 6.92 Å². The van der Waals surface area contributed by atoms with Crippen LogP contribution in [0.25, 0.3) is 0 Å². The van der Waals surface area contributed by atoms with Gasteiger partial charge in [-0.25, -0.2) is 0 Å². The van der Waals surface area contributed by atoms with Crippen molar-refractivity contribution in [1.29, 1.82) is 0 Å². The van der Waals surface area contributed by atoms with Gasteiger partial charge in [0.2, 0.25) is 0 Å². The topological polar surface area (TPSA) is 25.2 Å². The number of thioether (sulfide) groups is 1. The van der Waals surface area contributed by atoms with Gasteiger partial charge in [0.05, 0.1) is 12.0 Å². The first-order valence-corrected chi connectivity index (χ1v) is 6.55. The van der Waals surface area contributed by atoms with E-state index in [1.165, 1.54) is 12.0 Å². The molecule has 0 aliphatic rings. The van der Waals surface area contributed by atoms with Crippen LogP contribution in [-0.2, 0) is 5.75 Å². The van der Waals surface area contributed by atoms with Crippen LogP contribution in [0.3, 0.4) is 0 Å². The second-order valence-electron chi connectivity index (χ2n) is 3.85. The monoisotopic (exact) mass is 227 g/mol. The molecule has 1 heterocycles. The molecule has 1 aromatic rings. The Labute approximate surface area is 96.8 Å². The summed E-state index contributed by atoms with van der Waals surface area (Å²) in [5, 5.41) is 3.96. The van der Waals surface area contributed by atoms with Gasteiger partial charge in [-0.2, -0.15) is 0 Å². The number of nitrogens with one attached hydrogen (secondary N) is 1. The molecule has 2 atom stereocenters. The zero-order chi connectivity index (χ0) is 11.3. The number of rotatable bonds is 6. The van der Waals surface area contributed by atoms with Gasteiger partial charge in [0, 0.05) is 11.3 Å². The average Bonchev–Trinajstić information content (AvgIpc) is 2.63. The molecular weight excluding hydrogens is 206 g/mol. The van der Waals surface area contributed by atoms with Crippen molar-refractivity contribution >= 4 is 11.8 Å². The van der Waals surface area contributed by atoms with E-state index >= 15 is 0 Å². The van der Waals surface area contributed by atoms with Gasteiger partial charge in [-0.15, -0.1) is 11.8 Å². The highest BCUT2D eigenvalue weighted by Gasteiger charge is 2.14. The molecule has 0 fully saturated rings. The summed E-state index contributed by atoms with van der Waals surface area (Å²) in [6.07, 6.45) is 2.94. The summed E-state index contributed by atoms with van der Waals surface area (Å²) in [7, 11) is 2.03. The SMILES string of the molecule is CCC(NC)C(C)SCc1occc1C. The maximum Gasteiger partial charge on any atom is 0.116 e. The van der Waals surface area contributed by atoms with Gasteiger partial charge in [-0.1, -0.05) is 13.8 Å². The first-order valence-electron chi connectivity index (χ1n) is 5.50. The maximum absolute atomic E-state index is 5.42. The zero-order valence-electron chi connectivity index (χ0n) is 10.0. The van der Waals surface area contributed by atoms with Gasteiger partial charge in [-0.3, -0.25) is 0 Å². The van der Waals surface area contributed by atoms with Gasteiger partial charge < -0.3 is 9.73 Å². The highest BCUT2D eigenvalue weighted by molar-refractivity contribution is 7.99. The smallest absolute Gasteiger partial charge is 0.116 e. The van der Waals surface area contributed by atoms with Crippen molar-refractivity contribution in [3.63, 3.8) is 0 Å². The Bertz CT molecular complexity index is 281. The molecule has 0 saturated carbocycles. The van der Waals surface area contributed by atoms with Crippen LogP contribution in [0.4, 0.5) is 0 Å². The van der Waals surface area contributed by atoms with Crippen LogP contribution >= 0.6 is 11.8 Å². The fourth-order valence-electron chi connectivity index (χ4n) is 1.65. The summed E-state index contributed by atoms with van der Waals surface area (Å²) in [5.41, 5.74) is 1.26. The lowest BCUT2D eigenvalue weighted by atomic mass is 10.2. The molecule has 2 nitrogen and oxygen atoms in total. The predicted octanol–water partition coefficient (Wildman–Crippen LogP) is 3.21. The van der Waals surface area contributed by atoms with E-state index < -0.39 is 0 Å². The van der Waals surface area contributed by atoms with Gasteiger partial charge in [0.25, 0.3) is 0 Å². The van der Waals surface area contributed by atoms with E-state index in [1.807, 2.05) is 24.9 Å². The van der Waals surface area contributed by atoms with E-state index in [9.17, 15) is 0 Å². The van der Waals surface area contributed by atoms with Crippen molar-refractivity contribution in [1.82, 2.24) is 5.32 Å². The van der Waals surface area contributed by atoms with Crippen LogP contribution < -0.4 is 5.32 Å². The van der Waals surface area contributed by atoms with Crippen molar-refractivity contribution in [2.45, 2.75) is 44.2 Å². The van der Waals surface area contributed by atoms with Gasteiger partial charge in [-0.05, 0) is 32.0 Å². The Hall–Kier alpha value is -0.410. The van der Waals surface area contributed by atoms with Crippen molar-refractivity contribution < 1.29 is 4.42 Å². The fourth-order valence-corrected chi connectivity index (χ4v) is 2.92. The molecule has 1 aromatic heterocycles. The molecule has 0 spiro atoms. The van der Waals surface area contributed by atoms with Crippen LogP contribution in [0.2, 0.25) is 0 Å². The Morgan fingerprint density at radius 3 is 2.73 bits per heavy atom. The predicted molar refractivity (Wildman–Crippen MR) is 67.3 cm³/mol. The minimum atomic E-state index is 0.588. The van der Waals surface area contributed by atoms with E-state index in [-0.39, 0.29) is 0 Å². The summed E-state index contributed by atoms with van der Waals surface area (Å²) in [4.78, 5) is 0. The standard InChI is InChI=1S/C12H21NOS/c1-5-11(13-4)10(3)15-8-12-9(2)6-7-14-12/h6-7,10-11,13H,5,8H2,1-4H3. The lowest BCUT2D eigenvalue weighted by Gasteiger charge is -2.21. The third kappa shape index (κ3) is 3.58. The molecular formula is C12H21NOS. The molecule has 1 N–H and O–H groups in total. The van der Waals surface area contributed by atoms with Gasteiger partial charge in [0.15, 0.2) is 0 Å². The minimum absolute atomic E-state index is 0.588. The number of furan rings is 1. The summed E-state index contributed by atoms with van der Waals surface area (Å²) in [5.74, 6) is 2.08. The Kier molecular flexibility index (Phi) is 5.26. The summed E-state index contributed by atoms with van der Waals surface area (Å²) in [6, 6.07) is 2.61. The Balaban J connectivity index is 2.40. The van der Waals surface area contributed by atoms with Crippen molar-refractivity contribution in [3.05, 3.63) is 23.7 Å². The quantitative estimate of drug-likeness (QED) is 0.808. The molecule has 15 heavy (non-hydrogen) atoms. The van der Waals surface area contributed by atoms with E-state index in [2.05, 4.69) is 26.1 Å². The normalized spacial score (nSPS) is 15.2. The zero-order valence-corrected chi connectivity index (χ0v) is 10.9. The minimum Gasteiger partial charge on any atom is -0.468 e. The first kappa shape index (κ1) is 12.7. The van der Waals surface area contributed by atoms with E-state index in [0.29, 0.717) is 11.3 Å². The molecule has 0 amide bonds. The highest BCUT2D eigenvalue weighted by atomic mass is 32.2. The second kappa shape index (κ2) is 6.23. The molecule has 0 bridgehead atoms. The van der Waals surface area contributed by atoms with Crippen molar-refractivity contribution in [2.24, 2.45) is 0 Å². The van der Waals surface area contributed by atoms with Crippen molar-refractivity contribution in [2.75, 3.05) is 7.05 Å². The van der Waals surface area contributed by atoms with Crippen molar-refractivity contribution in [3.8, 4) is 0 Å². The van der Waals surface area contributed by atoms with Gasteiger partial charge >= 0.3 is 0 Å². The van der Waals surface area contributed by atoms with Gasteiger partial charge in [0.1, 0.15) is 5.76 Å². The molecule has 1 rings (SSSR count). The molecule has 0 saturated heterocycles. The second-order valence-corrected chi connectivity index (χ2v) is 5.21. The lowest BCUT2D eigenvalue weighted by Crippen LogP contribution is -2.33. The fraction of sp³-hybridized carbons (Fsp3) is 0.667. The number of hydrogen-bond donors (Lipinski definition) is 1. The molecule has 0 radical (unpaired) electrons. The van der Waals surface area contributed by atoms with E-state index in [1.54, 1.807) is 6.26 Å².